The molecule has 0 aliphatic carbocycles. The molecule has 0 saturated carbocycles. The fraction of sp³-hybridized carbons (Fsp3) is 0.429. The summed E-state index contributed by atoms with van der Waals surface area (Å²) in [7, 11) is 0. The van der Waals surface area contributed by atoms with Crippen LogP contribution in [0.2, 0.25) is 5.15 Å². The molecule has 1 aliphatic rings. The number of nitrogens with one attached hydrogen (secondary N) is 1. The van der Waals surface area contributed by atoms with Crippen molar-refractivity contribution in [2.75, 3.05) is 12.3 Å². The number of nitrogens with zero attached hydrogens (tertiary/aromatic N) is 2. The van der Waals surface area contributed by atoms with Crippen LogP contribution in [0, 0.1) is 0 Å². The maximum Gasteiger partial charge on any atom is 0.161 e. The third-order valence-corrected chi connectivity index (χ3v) is 4.84. The number of fused-ring (bicyclic) bond motifs is 1. The molecule has 1 N–H and O–H groups in total. The topological polar surface area (TPSA) is 37.8 Å². The molecule has 6 heteroatoms. The third-order valence-electron chi connectivity index (χ3n) is 3.33. The number of para-hydroxylation sites is 2. The molecule has 108 valence electrons. The molecule has 1 saturated heterocycles. The van der Waals surface area contributed by atoms with Gasteiger partial charge in [-0.2, -0.15) is 0 Å². The standard InChI is InChI=1S/C14H16ClN3S.ClH/c15-13-14(19-9-10-5-3-4-8-16-10)18-12-7-2-1-6-11(12)17-13;/h1-2,6-7,10,16H,3-5,8-9H2;1H. The lowest BCUT2D eigenvalue weighted by Crippen LogP contribution is -2.35. The van der Waals surface area contributed by atoms with E-state index in [9.17, 15) is 0 Å². The van der Waals surface area contributed by atoms with Crippen LogP contribution in [0.1, 0.15) is 19.3 Å². The van der Waals surface area contributed by atoms with E-state index in [1.165, 1.54) is 19.3 Å². The molecular formula is C14H17Cl2N3S. The number of aromatic nitrogens is 2. The van der Waals surface area contributed by atoms with Crippen LogP contribution in [-0.2, 0) is 0 Å². The van der Waals surface area contributed by atoms with Gasteiger partial charge < -0.3 is 5.32 Å². The van der Waals surface area contributed by atoms with E-state index in [4.69, 9.17) is 11.6 Å². The SMILES string of the molecule is Cl.Clc1nc2ccccc2nc1SCC1CCCCN1. The molecule has 1 aliphatic heterocycles. The molecule has 0 amide bonds. The molecule has 1 aromatic carbocycles. The largest absolute Gasteiger partial charge is 0.313 e. The summed E-state index contributed by atoms with van der Waals surface area (Å²) in [6, 6.07) is 8.41. The van der Waals surface area contributed by atoms with Crippen molar-refractivity contribution in [1.29, 1.82) is 0 Å². The van der Waals surface area contributed by atoms with Gasteiger partial charge in [-0.1, -0.05) is 30.2 Å². The Hall–Kier alpha value is -0.550. The van der Waals surface area contributed by atoms with Crippen molar-refractivity contribution >= 4 is 46.8 Å². The smallest absolute Gasteiger partial charge is 0.161 e. The Labute approximate surface area is 134 Å². The molecule has 1 fully saturated rings. The molecule has 0 spiro atoms. The van der Waals surface area contributed by atoms with Crippen LogP contribution in [0.25, 0.3) is 11.0 Å². The highest BCUT2D eigenvalue weighted by Gasteiger charge is 2.14. The van der Waals surface area contributed by atoms with E-state index in [0.717, 1.165) is 28.4 Å². The van der Waals surface area contributed by atoms with Crippen molar-refractivity contribution in [3.63, 3.8) is 0 Å². The van der Waals surface area contributed by atoms with Crippen molar-refractivity contribution in [3.05, 3.63) is 29.4 Å². The van der Waals surface area contributed by atoms with Gasteiger partial charge >= 0.3 is 0 Å². The first-order valence-electron chi connectivity index (χ1n) is 6.61. The maximum absolute atomic E-state index is 6.21. The van der Waals surface area contributed by atoms with Crippen molar-refractivity contribution in [3.8, 4) is 0 Å². The number of hydrogen-bond acceptors (Lipinski definition) is 4. The van der Waals surface area contributed by atoms with Gasteiger partial charge in [0.25, 0.3) is 0 Å². The molecule has 2 aromatic rings. The normalized spacial score (nSPS) is 18.8. The molecule has 1 unspecified atom stereocenters. The molecule has 0 bridgehead atoms. The van der Waals surface area contributed by atoms with Gasteiger partial charge in [0.2, 0.25) is 0 Å². The number of hydrogen-bond donors (Lipinski definition) is 1. The summed E-state index contributed by atoms with van der Waals surface area (Å²) in [5.41, 5.74) is 1.76. The Morgan fingerprint density at radius 2 is 1.95 bits per heavy atom. The zero-order chi connectivity index (χ0) is 13.1. The van der Waals surface area contributed by atoms with Gasteiger partial charge in [-0.15, -0.1) is 24.2 Å². The van der Waals surface area contributed by atoms with Crippen LogP contribution in [0.15, 0.2) is 29.3 Å². The number of benzene rings is 1. The molecule has 2 heterocycles. The zero-order valence-electron chi connectivity index (χ0n) is 11.0. The second-order valence-electron chi connectivity index (χ2n) is 4.77. The van der Waals surface area contributed by atoms with Crippen LogP contribution in [0.4, 0.5) is 0 Å². The van der Waals surface area contributed by atoms with Crippen LogP contribution in [0.3, 0.4) is 0 Å². The summed E-state index contributed by atoms with van der Waals surface area (Å²) in [5, 5.41) is 4.89. The van der Waals surface area contributed by atoms with Crippen LogP contribution in [-0.4, -0.2) is 28.3 Å². The predicted octanol–water partition coefficient (Wildman–Crippen LogP) is 3.94. The fourth-order valence-electron chi connectivity index (χ4n) is 2.30. The monoisotopic (exact) mass is 329 g/mol. The minimum atomic E-state index is 0. The highest BCUT2D eigenvalue weighted by atomic mass is 35.5. The van der Waals surface area contributed by atoms with Gasteiger partial charge in [0.15, 0.2) is 5.15 Å². The highest BCUT2D eigenvalue weighted by molar-refractivity contribution is 7.99. The average Bonchev–Trinajstić information content (AvgIpc) is 2.46. The lowest BCUT2D eigenvalue weighted by Gasteiger charge is -2.22. The maximum atomic E-state index is 6.21. The molecule has 3 rings (SSSR count). The van der Waals surface area contributed by atoms with Gasteiger partial charge in [0.1, 0.15) is 5.03 Å². The second-order valence-corrected chi connectivity index (χ2v) is 6.13. The number of halogens is 2. The lowest BCUT2D eigenvalue weighted by molar-refractivity contribution is 0.430. The Bertz CT molecular complexity index is 573. The van der Waals surface area contributed by atoms with Crippen molar-refractivity contribution in [1.82, 2.24) is 15.3 Å². The Kier molecular flexibility index (Phi) is 5.90. The molecule has 20 heavy (non-hydrogen) atoms. The van der Waals surface area contributed by atoms with E-state index >= 15 is 0 Å². The van der Waals surface area contributed by atoms with Crippen LogP contribution in [0.5, 0.6) is 0 Å². The Morgan fingerprint density at radius 1 is 1.20 bits per heavy atom. The first kappa shape index (κ1) is 15.8. The van der Waals surface area contributed by atoms with E-state index in [0.29, 0.717) is 11.2 Å². The first-order chi connectivity index (χ1) is 9.33. The minimum Gasteiger partial charge on any atom is -0.313 e. The Balaban J connectivity index is 0.00000147. The highest BCUT2D eigenvalue weighted by Crippen LogP contribution is 2.27. The summed E-state index contributed by atoms with van der Waals surface area (Å²) >= 11 is 7.91. The summed E-state index contributed by atoms with van der Waals surface area (Å²) in [4.78, 5) is 9.00. The van der Waals surface area contributed by atoms with E-state index in [2.05, 4.69) is 15.3 Å². The quantitative estimate of drug-likeness (QED) is 0.865. The zero-order valence-corrected chi connectivity index (χ0v) is 13.4. The lowest BCUT2D eigenvalue weighted by atomic mass is 10.1. The molecule has 0 radical (unpaired) electrons. The predicted molar refractivity (Wildman–Crippen MR) is 88.2 cm³/mol. The van der Waals surface area contributed by atoms with Gasteiger partial charge in [-0.3, -0.25) is 0 Å². The van der Waals surface area contributed by atoms with E-state index < -0.39 is 0 Å². The fourth-order valence-corrected chi connectivity index (χ4v) is 3.57. The number of piperidine rings is 1. The van der Waals surface area contributed by atoms with Crippen molar-refractivity contribution < 1.29 is 0 Å². The summed E-state index contributed by atoms with van der Waals surface area (Å²) in [6.07, 6.45) is 3.85. The molecule has 1 aromatic heterocycles. The van der Waals surface area contributed by atoms with Gasteiger partial charge in [-0.05, 0) is 31.5 Å². The van der Waals surface area contributed by atoms with Crippen molar-refractivity contribution in [2.45, 2.75) is 30.3 Å². The average molecular weight is 330 g/mol. The van der Waals surface area contributed by atoms with Gasteiger partial charge in [0, 0.05) is 11.8 Å². The number of rotatable bonds is 3. The second kappa shape index (κ2) is 7.46. The minimum absolute atomic E-state index is 0. The van der Waals surface area contributed by atoms with E-state index in [-0.39, 0.29) is 12.4 Å². The van der Waals surface area contributed by atoms with Crippen LogP contribution >= 0.6 is 35.8 Å². The van der Waals surface area contributed by atoms with Gasteiger partial charge in [0.05, 0.1) is 11.0 Å². The summed E-state index contributed by atoms with van der Waals surface area (Å²) in [5.74, 6) is 1.01. The van der Waals surface area contributed by atoms with E-state index in [1.54, 1.807) is 11.8 Å². The Morgan fingerprint density at radius 3 is 2.65 bits per heavy atom. The summed E-state index contributed by atoms with van der Waals surface area (Å²) < 4.78 is 0. The first-order valence-corrected chi connectivity index (χ1v) is 7.98. The number of thioether (sulfide) groups is 1. The summed E-state index contributed by atoms with van der Waals surface area (Å²) in [6.45, 7) is 1.13. The van der Waals surface area contributed by atoms with Crippen LogP contribution < -0.4 is 5.32 Å². The molecule has 3 nitrogen and oxygen atoms in total. The third kappa shape index (κ3) is 3.76. The van der Waals surface area contributed by atoms with E-state index in [1.807, 2.05) is 24.3 Å². The molecular weight excluding hydrogens is 313 g/mol. The van der Waals surface area contributed by atoms with Crippen molar-refractivity contribution in [2.24, 2.45) is 0 Å². The van der Waals surface area contributed by atoms with Gasteiger partial charge in [-0.25, -0.2) is 9.97 Å². The molecule has 1 atom stereocenters.